The molecule has 2 saturated carbocycles. The minimum Gasteiger partial charge on any atom is -0.486 e. The second-order valence-corrected chi connectivity index (χ2v) is 6.06. The Morgan fingerprint density at radius 1 is 1.00 bits per heavy atom. The number of ether oxygens (including phenoxy) is 2. The molecule has 0 amide bonds. The summed E-state index contributed by atoms with van der Waals surface area (Å²) in [6.07, 6.45) is 5.70. The van der Waals surface area contributed by atoms with Crippen molar-refractivity contribution in [2.45, 2.75) is 38.3 Å². The minimum absolute atomic E-state index is 0.663. The van der Waals surface area contributed by atoms with Crippen LogP contribution in [0.25, 0.3) is 0 Å². The predicted molar refractivity (Wildman–Crippen MR) is 73.5 cm³/mol. The first-order chi connectivity index (χ1) is 9.40. The second-order valence-electron chi connectivity index (χ2n) is 6.06. The molecule has 1 aromatic rings. The van der Waals surface area contributed by atoms with Crippen molar-refractivity contribution in [2.75, 3.05) is 13.2 Å². The highest BCUT2D eigenvalue weighted by Gasteiger charge is 2.40. The van der Waals surface area contributed by atoms with Gasteiger partial charge in [0, 0.05) is 12.6 Å². The first-order valence-corrected chi connectivity index (χ1v) is 7.52. The zero-order valence-electron chi connectivity index (χ0n) is 11.2. The van der Waals surface area contributed by atoms with Crippen LogP contribution in [0.5, 0.6) is 11.5 Å². The number of hydrogen-bond donors (Lipinski definition) is 1. The normalized spacial score (nSPS) is 21.7. The van der Waals surface area contributed by atoms with Crippen LogP contribution in [0.2, 0.25) is 0 Å². The van der Waals surface area contributed by atoms with Gasteiger partial charge < -0.3 is 14.8 Å². The van der Waals surface area contributed by atoms with Crippen molar-refractivity contribution in [3.8, 4) is 11.5 Å². The van der Waals surface area contributed by atoms with Crippen LogP contribution in [-0.2, 0) is 6.54 Å². The molecule has 2 aliphatic carbocycles. The molecule has 0 unspecified atom stereocenters. The number of rotatable bonds is 5. The molecule has 19 heavy (non-hydrogen) atoms. The van der Waals surface area contributed by atoms with E-state index in [0.29, 0.717) is 13.2 Å². The molecule has 1 aromatic carbocycles. The Morgan fingerprint density at radius 3 is 2.37 bits per heavy atom. The van der Waals surface area contributed by atoms with Gasteiger partial charge in [-0.25, -0.2) is 0 Å². The lowest BCUT2D eigenvalue weighted by Crippen LogP contribution is -2.32. The number of hydrogen-bond acceptors (Lipinski definition) is 3. The van der Waals surface area contributed by atoms with Gasteiger partial charge >= 0.3 is 0 Å². The summed E-state index contributed by atoms with van der Waals surface area (Å²) in [5.41, 5.74) is 1.30. The average Bonchev–Trinajstić information content (AvgIpc) is 3.32. The van der Waals surface area contributed by atoms with Gasteiger partial charge in [0.1, 0.15) is 13.2 Å². The van der Waals surface area contributed by atoms with Gasteiger partial charge in [0.05, 0.1) is 0 Å². The first-order valence-electron chi connectivity index (χ1n) is 7.52. The van der Waals surface area contributed by atoms with Crippen LogP contribution < -0.4 is 14.8 Å². The molecule has 0 bridgehead atoms. The molecule has 0 saturated heterocycles. The van der Waals surface area contributed by atoms with E-state index in [4.69, 9.17) is 9.47 Å². The maximum absolute atomic E-state index is 5.64. The third kappa shape index (κ3) is 2.57. The van der Waals surface area contributed by atoms with Crippen LogP contribution in [0.1, 0.15) is 31.2 Å². The molecule has 3 nitrogen and oxygen atoms in total. The minimum atomic E-state index is 0.663. The van der Waals surface area contributed by atoms with E-state index in [1.54, 1.807) is 0 Å². The number of fused-ring (bicyclic) bond motifs is 1. The highest BCUT2D eigenvalue weighted by molar-refractivity contribution is 5.43. The lowest BCUT2D eigenvalue weighted by atomic mass is 10.1. The molecule has 0 radical (unpaired) electrons. The van der Waals surface area contributed by atoms with E-state index in [2.05, 4.69) is 17.4 Å². The quantitative estimate of drug-likeness (QED) is 0.882. The van der Waals surface area contributed by atoms with Crippen LogP contribution in [0.3, 0.4) is 0 Å². The van der Waals surface area contributed by atoms with E-state index in [-0.39, 0.29) is 0 Å². The molecule has 4 rings (SSSR count). The standard InChI is InChI=1S/C16H21NO2/c1-6-14-15(19-8-7-18-14)9-11(1)10-17-16(12-2-3-12)13-4-5-13/h1,6,9,12-13,16-17H,2-5,7-8,10H2. The van der Waals surface area contributed by atoms with Gasteiger partial charge in [0.15, 0.2) is 11.5 Å². The van der Waals surface area contributed by atoms with Crippen LogP contribution in [-0.4, -0.2) is 19.3 Å². The van der Waals surface area contributed by atoms with Crippen molar-refractivity contribution in [1.82, 2.24) is 5.32 Å². The topological polar surface area (TPSA) is 30.5 Å². The SMILES string of the molecule is c1cc2c(cc1CNC(C1CC1)C1CC1)OCCO2. The molecule has 2 fully saturated rings. The zero-order valence-corrected chi connectivity index (χ0v) is 11.2. The molecule has 3 heteroatoms. The fourth-order valence-corrected chi connectivity index (χ4v) is 3.06. The van der Waals surface area contributed by atoms with Gasteiger partial charge in [-0.3, -0.25) is 0 Å². The molecule has 1 heterocycles. The smallest absolute Gasteiger partial charge is 0.161 e. The van der Waals surface area contributed by atoms with Crippen molar-refractivity contribution in [2.24, 2.45) is 11.8 Å². The van der Waals surface area contributed by atoms with Crippen LogP contribution in [0, 0.1) is 11.8 Å². The number of benzene rings is 1. The van der Waals surface area contributed by atoms with E-state index in [1.807, 2.05) is 6.07 Å². The maximum Gasteiger partial charge on any atom is 0.161 e. The van der Waals surface area contributed by atoms with E-state index in [1.165, 1.54) is 31.2 Å². The van der Waals surface area contributed by atoms with Gasteiger partial charge in [0.25, 0.3) is 0 Å². The highest BCUT2D eigenvalue weighted by Crippen LogP contribution is 2.44. The lowest BCUT2D eigenvalue weighted by Gasteiger charge is -2.20. The maximum atomic E-state index is 5.64. The molecule has 1 aliphatic heterocycles. The third-order valence-electron chi connectivity index (χ3n) is 4.41. The zero-order chi connectivity index (χ0) is 12.7. The van der Waals surface area contributed by atoms with Crippen molar-refractivity contribution < 1.29 is 9.47 Å². The number of nitrogens with one attached hydrogen (secondary N) is 1. The van der Waals surface area contributed by atoms with E-state index >= 15 is 0 Å². The summed E-state index contributed by atoms with van der Waals surface area (Å²) in [6, 6.07) is 7.07. The fraction of sp³-hybridized carbons (Fsp3) is 0.625. The molecule has 1 N–H and O–H groups in total. The summed E-state index contributed by atoms with van der Waals surface area (Å²) in [5, 5.41) is 3.77. The third-order valence-corrected chi connectivity index (χ3v) is 4.41. The summed E-state index contributed by atoms with van der Waals surface area (Å²) in [4.78, 5) is 0. The monoisotopic (exact) mass is 259 g/mol. The lowest BCUT2D eigenvalue weighted by molar-refractivity contribution is 0.171. The van der Waals surface area contributed by atoms with E-state index in [0.717, 1.165) is 35.9 Å². The van der Waals surface area contributed by atoms with Crippen LogP contribution in [0.4, 0.5) is 0 Å². The van der Waals surface area contributed by atoms with Gasteiger partial charge in [-0.1, -0.05) is 6.07 Å². The summed E-state index contributed by atoms with van der Waals surface area (Å²) in [6.45, 7) is 2.28. The van der Waals surface area contributed by atoms with Gasteiger partial charge in [-0.2, -0.15) is 0 Å². The Labute approximate surface area is 114 Å². The summed E-state index contributed by atoms with van der Waals surface area (Å²) in [5.74, 6) is 3.69. The van der Waals surface area contributed by atoms with Crippen molar-refractivity contribution in [3.63, 3.8) is 0 Å². The van der Waals surface area contributed by atoms with Crippen molar-refractivity contribution >= 4 is 0 Å². The Hall–Kier alpha value is -1.22. The van der Waals surface area contributed by atoms with E-state index < -0.39 is 0 Å². The van der Waals surface area contributed by atoms with Crippen LogP contribution in [0.15, 0.2) is 18.2 Å². The molecule has 0 spiro atoms. The summed E-state index contributed by atoms with van der Waals surface area (Å²) in [7, 11) is 0. The molecule has 0 atom stereocenters. The van der Waals surface area contributed by atoms with Crippen LogP contribution >= 0.6 is 0 Å². The average molecular weight is 259 g/mol. The van der Waals surface area contributed by atoms with Gasteiger partial charge in [-0.05, 0) is 55.2 Å². The molecular formula is C16H21NO2. The van der Waals surface area contributed by atoms with Crippen molar-refractivity contribution in [3.05, 3.63) is 23.8 Å². The Bertz CT molecular complexity index is 454. The predicted octanol–water partition coefficient (Wildman–Crippen LogP) is 2.74. The Morgan fingerprint density at radius 2 is 1.68 bits per heavy atom. The summed E-state index contributed by atoms with van der Waals surface area (Å²) < 4.78 is 11.2. The molecule has 102 valence electrons. The van der Waals surface area contributed by atoms with E-state index in [9.17, 15) is 0 Å². The highest BCUT2D eigenvalue weighted by atomic mass is 16.6. The molecular weight excluding hydrogens is 238 g/mol. The Balaban J connectivity index is 1.41. The molecule has 0 aromatic heterocycles. The second kappa shape index (κ2) is 4.71. The van der Waals surface area contributed by atoms with Crippen molar-refractivity contribution in [1.29, 1.82) is 0 Å². The van der Waals surface area contributed by atoms with Gasteiger partial charge in [-0.15, -0.1) is 0 Å². The largest absolute Gasteiger partial charge is 0.486 e. The summed E-state index contributed by atoms with van der Waals surface area (Å²) >= 11 is 0. The fourth-order valence-electron chi connectivity index (χ4n) is 3.06. The molecule has 3 aliphatic rings. The van der Waals surface area contributed by atoms with Gasteiger partial charge in [0.2, 0.25) is 0 Å². The first kappa shape index (κ1) is 11.6. The Kier molecular flexibility index (Phi) is 2.87.